The maximum absolute atomic E-state index is 12.8. The number of carbonyl (C=O) groups excluding carboxylic acids is 1. The molecule has 3 heterocycles. The zero-order valence-corrected chi connectivity index (χ0v) is 25.7. The van der Waals surface area contributed by atoms with Gasteiger partial charge in [-0.15, -0.1) is 0 Å². The summed E-state index contributed by atoms with van der Waals surface area (Å²) >= 11 is 0. The first-order valence-corrected chi connectivity index (χ1v) is 15.3. The number of hydrogen-bond acceptors (Lipinski definition) is 9. The SMILES string of the molecule is CCCCNc1ncc(-c2ccc(CN3CC(C)N(C(=O)OC(C)(C)C)C(C)C3)cn2)c(NC2CCC(O)CC2)n1. The first-order chi connectivity index (χ1) is 19.5. The molecule has 0 aromatic carbocycles. The molecule has 2 unspecified atom stereocenters. The number of ether oxygens (including phenoxy) is 1. The van der Waals surface area contributed by atoms with Crippen molar-refractivity contribution in [3.63, 3.8) is 0 Å². The van der Waals surface area contributed by atoms with Gasteiger partial charge in [0.25, 0.3) is 0 Å². The van der Waals surface area contributed by atoms with Gasteiger partial charge < -0.3 is 25.4 Å². The number of rotatable bonds is 9. The van der Waals surface area contributed by atoms with Crippen LogP contribution in [0.2, 0.25) is 0 Å². The predicted octanol–water partition coefficient (Wildman–Crippen LogP) is 5.30. The molecule has 4 rings (SSSR count). The second kappa shape index (κ2) is 13.8. The summed E-state index contributed by atoms with van der Waals surface area (Å²) < 4.78 is 5.65. The summed E-state index contributed by atoms with van der Waals surface area (Å²) in [6, 6.07) is 4.52. The fourth-order valence-electron chi connectivity index (χ4n) is 5.73. The molecule has 3 N–H and O–H groups in total. The molecule has 1 saturated heterocycles. The van der Waals surface area contributed by atoms with E-state index in [0.717, 1.165) is 87.3 Å². The van der Waals surface area contributed by atoms with Gasteiger partial charge in [-0.1, -0.05) is 19.4 Å². The van der Waals surface area contributed by atoms with E-state index in [4.69, 9.17) is 14.7 Å². The lowest BCUT2D eigenvalue weighted by atomic mass is 9.93. The highest BCUT2D eigenvalue weighted by atomic mass is 16.6. The van der Waals surface area contributed by atoms with Crippen LogP contribution in [0, 0.1) is 0 Å². The fraction of sp³-hybridized carbons (Fsp3) is 0.677. The van der Waals surface area contributed by atoms with E-state index in [0.29, 0.717) is 5.95 Å². The minimum absolute atomic E-state index is 0.0527. The van der Waals surface area contributed by atoms with Crippen LogP contribution in [0.1, 0.15) is 85.6 Å². The maximum atomic E-state index is 12.8. The molecule has 2 fully saturated rings. The van der Waals surface area contributed by atoms with E-state index in [9.17, 15) is 9.90 Å². The molecule has 226 valence electrons. The minimum atomic E-state index is -0.508. The van der Waals surface area contributed by atoms with E-state index in [-0.39, 0.29) is 30.3 Å². The van der Waals surface area contributed by atoms with Crippen molar-refractivity contribution in [3.05, 3.63) is 30.1 Å². The number of nitrogens with one attached hydrogen (secondary N) is 2. The third-order valence-corrected chi connectivity index (χ3v) is 7.75. The fourth-order valence-corrected chi connectivity index (χ4v) is 5.73. The molecule has 0 spiro atoms. The van der Waals surface area contributed by atoms with Crippen molar-refractivity contribution in [2.75, 3.05) is 30.3 Å². The van der Waals surface area contributed by atoms with Crippen molar-refractivity contribution in [1.29, 1.82) is 0 Å². The van der Waals surface area contributed by atoms with E-state index in [1.54, 1.807) is 0 Å². The van der Waals surface area contributed by atoms with Crippen molar-refractivity contribution in [2.45, 2.75) is 116 Å². The van der Waals surface area contributed by atoms with Gasteiger partial charge in [-0.25, -0.2) is 9.78 Å². The van der Waals surface area contributed by atoms with Crippen LogP contribution in [0.15, 0.2) is 24.5 Å². The average Bonchev–Trinajstić information content (AvgIpc) is 2.89. The smallest absolute Gasteiger partial charge is 0.410 e. The lowest BCUT2D eigenvalue weighted by molar-refractivity contribution is -0.0162. The Bertz CT molecular complexity index is 1120. The number of aliphatic hydroxyl groups excluding tert-OH is 1. The molecule has 10 heteroatoms. The number of piperazine rings is 1. The van der Waals surface area contributed by atoms with Gasteiger partial charge in [0.05, 0.1) is 17.4 Å². The third-order valence-electron chi connectivity index (χ3n) is 7.75. The third kappa shape index (κ3) is 8.75. The molecular weight excluding hydrogens is 518 g/mol. The molecule has 0 radical (unpaired) electrons. The molecule has 1 aliphatic heterocycles. The van der Waals surface area contributed by atoms with Crippen LogP contribution in [-0.2, 0) is 11.3 Å². The number of nitrogens with zero attached hydrogens (tertiary/aromatic N) is 5. The molecule has 10 nitrogen and oxygen atoms in total. The molecule has 2 atom stereocenters. The van der Waals surface area contributed by atoms with Gasteiger partial charge in [0.15, 0.2) is 0 Å². The maximum Gasteiger partial charge on any atom is 0.410 e. The molecule has 2 aromatic rings. The Morgan fingerprint density at radius 1 is 1.07 bits per heavy atom. The van der Waals surface area contributed by atoms with Gasteiger partial charge in [0.1, 0.15) is 11.4 Å². The summed E-state index contributed by atoms with van der Waals surface area (Å²) in [5.41, 5.74) is 2.31. The van der Waals surface area contributed by atoms with Gasteiger partial charge in [-0.3, -0.25) is 9.88 Å². The minimum Gasteiger partial charge on any atom is -0.444 e. The molecule has 2 aliphatic rings. The first-order valence-electron chi connectivity index (χ1n) is 15.3. The number of anilines is 2. The molecule has 1 saturated carbocycles. The van der Waals surface area contributed by atoms with Crippen LogP contribution < -0.4 is 10.6 Å². The van der Waals surface area contributed by atoms with E-state index >= 15 is 0 Å². The average molecular weight is 568 g/mol. The van der Waals surface area contributed by atoms with Crippen LogP contribution >= 0.6 is 0 Å². The summed E-state index contributed by atoms with van der Waals surface area (Å²) in [7, 11) is 0. The Morgan fingerprint density at radius 2 is 1.78 bits per heavy atom. The van der Waals surface area contributed by atoms with Crippen molar-refractivity contribution >= 4 is 17.9 Å². The van der Waals surface area contributed by atoms with Crippen LogP contribution in [0.3, 0.4) is 0 Å². The molecule has 0 bridgehead atoms. The zero-order chi connectivity index (χ0) is 29.6. The Hall–Kier alpha value is -2.98. The number of hydrogen-bond donors (Lipinski definition) is 3. The topological polar surface area (TPSA) is 116 Å². The number of unbranched alkanes of at least 4 members (excludes halogenated alkanes) is 1. The predicted molar refractivity (Wildman–Crippen MR) is 163 cm³/mol. The van der Waals surface area contributed by atoms with Crippen molar-refractivity contribution in [3.8, 4) is 11.3 Å². The van der Waals surface area contributed by atoms with E-state index in [1.165, 1.54) is 0 Å². The standard InChI is InChI=1S/C31H49N7O3/c1-7-8-15-32-29-34-17-26(28(36-29)35-24-10-12-25(39)13-11-24)27-14-9-23(16-33-27)20-37-18-21(2)38(22(3)19-37)30(40)41-31(4,5)6/h9,14,16-17,21-22,24-25,39H,7-8,10-13,15,18-20H2,1-6H3,(H2,32,34,35,36). The van der Waals surface area contributed by atoms with E-state index < -0.39 is 5.60 Å². The summed E-state index contributed by atoms with van der Waals surface area (Å²) in [5.74, 6) is 1.40. The highest BCUT2D eigenvalue weighted by Crippen LogP contribution is 2.29. The monoisotopic (exact) mass is 567 g/mol. The van der Waals surface area contributed by atoms with Crippen molar-refractivity contribution in [2.24, 2.45) is 0 Å². The highest BCUT2D eigenvalue weighted by Gasteiger charge is 2.35. The molecule has 2 aromatic heterocycles. The van der Waals surface area contributed by atoms with Crippen LogP contribution in [0.25, 0.3) is 11.3 Å². The Kier molecular flexibility index (Phi) is 10.4. The number of aliphatic hydroxyl groups is 1. The normalized spacial score (nSPS) is 23.7. The Labute approximate surface area is 245 Å². The van der Waals surface area contributed by atoms with Gasteiger partial charge >= 0.3 is 6.09 Å². The number of carbonyl (C=O) groups is 1. The van der Waals surface area contributed by atoms with Crippen LogP contribution in [0.5, 0.6) is 0 Å². The zero-order valence-electron chi connectivity index (χ0n) is 25.7. The molecular formula is C31H49N7O3. The quantitative estimate of drug-likeness (QED) is 0.347. The van der Waals surface area contributed by atoms with E-state index in [2.05, 4.69) is 47.4 Å². The van der Waals surface area contributed by atoms with Crippen LogP contribution in [0.4, 0.5) is 16.6 Å². The number of amides is 1. The highest BCUT2D eigenvalue weighted by molar-refractivity contribution is 5.73. The van der Waals surface area contributed by atoms with Gasteiger partial charge in [0, 0.05) is 56.7 Å². The van der Waals surface area contributed by atoms with Gasteiger partial charge in [0.2, 0.25) is 5.95 Å². The van der Waals surface area contributed by atoms with E-state index in [1.807, 2.05) is 44.1 Å². The molecule has 1 aliphatic carbocycles. The van der Waals surface area contributed by atoms with Crippen LogP contribution in [-0.4, -0.2) is 85.4 Å². The molecule has 1 amide bonds. The Balaban J connectivity index is 1.44. The second-order valence-electron chi connectivity index (χ2n) is 12.7. The summed E-state index contributed by atoms with van der Waals surface area (Å²) in [4.78, 5) is 31.2. The number of aromatic nitrogens is 3. The molecule has 41 heavy (non-hydrogen) atoms. The Morgan fingerprint density at radius 3 is 2.39 bits per heavy atom. The lowest BCUT2D eigenvalue weighted by Gasteiger charge is -2.44. The lowest BCUT2D eigenvalue weighted by Crippen LogP contribution is -2.59. The largest absolute Gasteiger partial charge is 0.444 e. The summed E-state index contributed by atoms with van der Waals surface area (Å²) in [6.45, 7) is 15.2. The van der Waals surface area contributed by atoms with Crippen molar-refractivity contribution < 1.29 is 14.6 Å². The van der Waals surface area contributed by atoms with Gasteiger partial charge in [-0.2, -0.15) is 4.98 Å². The van der Waals surface area contributed by atoms with Crippen molar-refractivity contribution in [1.82, 2.24) is 24.8 Å². The first kappa shape index (κ1) is 31.0. The van der Waals surface area contributed by atoms with Gasteiger partial charge in [-0.05, 0) is 78.4 Å². The summed E-state index contributed by atoms with van der Waals surface area (Å²) in [5, 5.41) is 16.9. The second-order valence-corrected chi connectivity index (χ2v) is 12.7. The summed E-state index contributed by atoms with van der Waals surface area (Å²) in [6.07, 6.45) is 8.92. The number of pyridine rings is 1.